The molecule has 1 unspecified atom stereocenters. The van der Waals surface area contributed by atoms with Gasteiger partial charge < -0.3 is 5.32 Å². The zero-order valence-electron chi connectivity index (χ0n) is 7.85. The maximum absolute atomic E-state index is 12.0. The Balaban J connectivity index is 2.51. The lowest BCUT2D eigenvalue weighted by atomic mass is 10.2. The highest BCUT2D eigenvalue weighted by Crippen LogP contribution is 2.22. The maximum Gasteiger partial charge on any atom is 0.391 e. The third-order valence-corrected chi connectivity index (χ3v) is 1.75. The number of hydrogen-bond acceptors (Lipinski definition) is 3. The van der Waals surface area contributed by atoms with E-state index in [9.17, 15) is 13.2 Å². The number of halogens is 4. The molecule has 15 heavy (non-hydrogen) atoms. The van der Waals surface area contributed by atoms with Crippen molar-refractivity contribution >= 4 is 17.4 Å². The molecule has 1 aromatic heterocycles. The molecule has 1 N–H and O–H groups in total. The Morgan fingerprint density at radius 3 is 2.53 bits per heavy atom. The standard InChI is InChI=1S/C8H9ClF3N3/c1-5(2-8(10,11)12)15-7-4-13-6(9)3-14-7/h3-5H,2H2,1H3,(H,14,15). The molecular formula is C8H9ClF3N3. The average Bonchev–Trinajstić information content (AvgIpc) is 2.05. The van der Waals surface area contributed by atoms with Gasteiger partial charge in [0.2, 0.25) is 0 Å². The molecule has 1 aromatic rings. The first-order valence-corrected chi connectivity index (χ1v) is 4.55. The molecule has 0 amide bonds. The first-order chi connectivity index (χ1) is 6.87. The minimum atomic E-state index is -4.19. The Morgan fingerprint density at radius 1 is 1.40 bits per heavy atom. The fraction of sp³-hybridized carbons (Fsp3) is 0.500. The van der Waals surface area contributed by atoms with Gasteiger partial charge in [0.05, 0.1) is 18.8 Å². The van der Waals surface area contributed by atoms with Crippen LogP contribution in [-0.2, 0) is 0 Å². The first-order valence-electron chi connectivity index (χ1n) is 4.17. The van der Waals surface area contributed by atoms with Crippen molar-refractivity contribution in [1.82, 2.24) is 9.97 Å². The smallest absolute Gasteiger partial charge is 0.366 e. The van der Waals surface area contributed by atoms with Gasteiger partial charge in [-0.15, -0.1) is 0 Å². The van der Waals surface area contributed by atoms with Crippen LogP contribution in [0.3, 0.4) is 0 Å². The predicted molar refractivity (Wildman–Crippen MR) is 50.8 cm³/mol. The van der Waals surface area contributed by atoms with Crippen LogP contribution in [0.4, 0.5) is 19.0 Å². The van der Waals surface area contributed by atoms with Gasteiger partial charge in [-0.05, 0) is 6.92 Å². The summed E-state index contributed by atoms with van der Waals surface area (Å²) in [7, 11) is 0. The van der Waals surface area contributed by atoms with Crippen molar-refractivity contribution in [2.24, 2.45) is 0 Å². The van der Waals surface area contributed by atoms with Crippen molar-refractivity contribution in [3.05, 3.63) is 17.5 Å². The van der Waals surface area contributed by atoms with Gasteiger partial charge in [0, 0.05) is 6.04 Å². The summed E-state index contributed by atoms with van der Waals surface area (Å²) in [6.07, 6.45) is -2.55. The molecular weight excluding hydrogens is 231 g/mol. The Hall–Kier alpha value is -1.04. The third-order valence-electron chi connectivity index (χ3n) is 1.55. The molecule has 1 atom stereocenters. The molecule has 0 aliphatic carbocycles. The summed E-state index contributed by atoms with van der Waals surface area (Å²) < 4.78 is 35.9. The zero-order valence-corrected chi connectivity index (χ0v) is 8.60. The predicted octanol–water partition coefficient (Wildman–Crippen LogP) is 2.88. The monoisotopic (exact) mass is 239 g/mol. The summed E-state index contributed by atoms with van der Waals surface area (Å²) in [6, 6.07) is -0.750. The second kappa shape index (κ2) is 4.65. The largest absolute Gasteiger partial charge is 0.391 e. The fourth-order valence-corrected chi connectivity index (χ4v) is 1.14. The summed E-state index contributed by atoms with van der Waals surface area (Å²) in [6.45, 7) is 1.42. The lowest BCUT2D eigenvalue weighted by Crippen LogP contribution is -2.24. The van der Waals surface area contributed by atoms with Crippen LogP contribution < -0.4 is 5.32 Å². The van der Waals surface area contributed by atoms with E-state index in [0.29, 0.717) is 0 Å². The number of nitrogens with one attached hydrogen (secondary N) is 1. The summed E-state index contributed by atoms with van der Waals surface area (Å²) in [5.41, 5.74) is 0. The van der Waals surface area contributed by atoms with E-state index < -0.39 is 18.6 Å². The fourth-order valence-electron chi connectivity index (χ4n) is 1.04. The van der Waals surface area contributed by atoms with Gasteiger partial charge in [0.15, 0.2) is 0 Å². The van der Waals surface area contributed by atoms with Gasteiger partial charge in [-0.3, -0.25) is 0 Å². The van der Waals surface area contributed by atoms with E-state index in [0.717, 1.165) is 0 Å². The van der Waals surface area contributed by atoms with E-state index >= 15 is 0 Å². The van der Waals surface area contributed by atoms with Crippen molar-refractivity contribution in [2.45, 2.75) is 25.6 Å². The molecule has 84 valence electrons. The molecule has 0 bridgehead atoms. The molecule has 0 fully saturated rings. The summed E-state index contributed by atoms with van der Waals surface area (Å²) >= 11 is 5.47. The molecule has 0 spiro atoms. The van der Waals surface area contributed by atoms with Crippen LogP contribution in [-0.4, -0.2) is 22.2 Å². The molecule has 1 rings (SSSR count). The summed E-state index contributed by atoms with van der Waals surface area (Å²) in [5.74, 6) is 0.274. The van der Waals surface area contributed by atoms with Crippen LogP contribution in [0.5, 0.6) is 0 Å². The number of alkyl halides is 3. The Kier molecular flexibility index (Phi) is 3.73. The number of anilines is 1. The van der Waals surface area contributed by atoms with E-state index in [2.05, 4.69) is 15.3 Å². The lowest BCUT2D eigenvalue weighted by Gasteiger charge is -2.15. The van der Waals surface area contributed by atoms with Crippen molar-refractivity contribution in [1.29, 1.82) is 0 Å². The van der Waals surface area contributed by atoms with Crippen LogP contribution in [0.2, 0.25) is 5.15 Å². The minimum absolute atomic E-state index is 0.198. The molecule has 0 saturated carbocycles. The Morgan fingerprint density at radius 2 is 2.07 bits per heavy atom. The molecule has 0 radical (unpaired) electrons. The van der Waals surface area contributed by atoms with Gasteiger partial charge >= 0.3 is 6.18 Å². The zero-order chi connectivity index (χ0) is 11.5. The van der Waals surface area contributed by atoms with Crippen LogP contribution in [0, 0.1) is 0 Å². The van der Waals surface area contributed by atoms with Gasteiger partial charge in [0.25, 0.3) is 0 Å². The molecule has 0 saturated heterocycles. The van der Waals surface area contributed by atoms with E-state index in [1.807, 2.05) is 0 Å². The molecule has 0 aliphatic rings. The van der Waals surface area contributed by atoms with Gasteiger partial charge in [-0.1, -0.05) is 11.6 Å². The average molecular weight is 240 g/mol. The van der Waals surface area contributed by atoms with Crippen molar-refractivity contribution < 1.29 is 13.2 Å². The molecule has 7 heteroatoms. The Labute approximate surface area is 89.7 Å². The van der Waals surface area contributed by atoms with Crippen LogP contribution in [0.1, 0.15) is 13.3 Å². The second-order valence-electron chi connectivity index (χ2n) is 3.09. The first kappa shape index (κ1) is 12.0. The van der Waals surface area contributed by atoms with E-state index in [4.69, 9.17) is 11.6 Å². The van der Waals surface area contributed by atoms with Crippen molar-refractivity contribution in [3.63, 3.8) is 0 Å². The maximum atomic E-state index is 12.0. The highest BCUT2D eigenvalue weighted by Gasteiger charge is 2.29. The van der Waals surface area contributed by atoms with Gasteiger partial charge in [-0.25, -0.2) is 9.97 Å². The van der Waals surface area contributed by atoms with Crippen LogP contribution in [0.15, 0.2) is 12.4 Å². The Bertz CT molecular complexity index is 312. The molecule has 0 aromatic carbocycles. The minimum Gasteiger partial charge on any atom is -0.366 e. The highest BCUT2D eigenvalue weighted by atomic mass is 35.5. The SMILES string of the molecule is CC(CC(F)(F)F)Nc1cnc(Cl)cn1. The van der Waals surface area contributed by atoms with E-state index in [1.165, 1.54) is 19.3 Å². The third kappa shape index (κ3) is 4.83. The topological polar surface area (TPSA) is 37.8 Å². The van der Waals surface area contributed by atoms with Gasteiger partial charge in [-0.2, -0.15) is 13.2 Å². The van der Waals surface area contributed by atoms with Crippen molar-refractivity contribution in [3.8, 4) is 0 Å². The number of rotatable bonds is 3. The molecule has 3 nitrogen and oxygen atoms in total. The summed E-state index contributed by atoms with van der Waals surface area (Å²) in [5, 5.41) is 2.77. The number of hydrogen-bond donors (Lipinski definition) is 1. The number of aromatic nitrogens is 2. The van der Waals surface area contributed by atoms with Crippen LogP contribution in [0.25, 0.3) is 0 Å². The van der Waals surface area contributed by atoms with E-state index in [-0.39, 0.29) is 11.0 Å². The van der Waals surface area contributed by atoms with E-state index in [1.54, 1.807) is 0 Å². The highest BCUT2D eigenvalue weighted by molar-refractivity contribution is 6.29. The van der Waals surface area contributed by atoms with Gasteiger partial charge in [0.1, 0.15) is 11.0 Å². The normalized spacial score (nSPS) is 13.7. The molecule has 1 heterocycles. The van der Waals surface area contributed by atoms with Crippen molar-refractivity contribution in [2.75, 3.05) is 5.32 Å². The quantitative estimate of drug-likeness (QED) is 0.881. The second-order valence-corrected chi connectivity index (χ2v) is 3.48. The molecule has 0 aliphatic heterocycles. The lowest BCUT2D eigenvalue weighted by molar-refractivity contribution is -0.136. The van der Waals surface area contributed by atoms with Crippen LogP contribution >= 0.6 is 11.6 Å². The summed E-state index contributed by atoms with van der Waals surface area (Å²) in [4.78, 5) is 7.46. The number of nitrogens with zero attached hydrogens (tertiary/aromatic N) is 2.